The zero-order valence-electron chi connectivity index (χ0n) is 10.6. The van der Waals surface area contributed by atoms with Gasteiger partial charge in [0.1, 0.15) is 5.75 Å². The number of rotatable bonds is 1. The third-order valence-electron chi connectivity index (χ3n) is 4.00. The molecule has 1 fully saturated rings. The number of phenolic OH excluding ortho intramolecular Hbond substituents is 1. The van der Waals surface area contributed by atoms with Crippen LogP contribution in [0, 0.1) is 17.8 Å². The van der Waals surface area contributed by atoms with Gasteiger partial charge >= 0.3 is 0 Å². The number of nitrogens with zero attached hydrogens (tertiary/aromatic N) is 1. The van der Waals surface area contributed by atoms with E-state index in [9.17, 15) is 14.7 Å². The molecular weight excluding hydrogens is 242 g/mol. The number of benzene rings is 1. The molecule has 2 aliphatic rings. The summed E-state index contributed by atoms with van der Waals surface area (Å²) in [7, 11) is 0. The van der Waals surface area contributed by atoms with E-state index in [2.05, 4.69) is 0 Å². The van der Waals surface area contributed by atoms with Crippen LogP contribution in [-0.2, 0) is 9.59 Å². The quantitative estimate of drug-likeness (QED) is 0.619. The number of amides is 2. The van der Waals surface area contributed by atoms with Gasteiger partial charge in [-0.05, 0) is 24.5 Å². The molecule has 2 amide bonds. The Morgan fingerprint density at radius 3 is 2.63 bits per heavy atom. The van der Waals surface area contributed by atoms with Crippen LogP contribution in [0.3, 0.4) is 0 Å². The minimum Gasteiger partial charge on any atom is -0.506 e. The minimum atomic E-state index is -0.294. The number of carbonyl (C=O) groups is 2. The van der Waals surface area contributed by atoms with Crippen molar-refractivity contribution in [3.63, 3.8) is 0 Å². The number of carbonyl (C=O) groups excluding carboxylic acids is 2. The topological polar surface area (TPSA) is 57.6 Å². The first-order chi connectivity index (χ1) is 9.11. The minimum absolute atomic E-state index is 0.0385. The lowest BCUT2D eigenvalue weighted by Gasteiger charge is -2.22. The summed E-state index contributed by atoms with van der Waals surface area (Å²) >= 11 is 0. The standard InChI is InChI=1S/C15H15NO3/c1-9-5-4-6-10-13(9)15(19)16(14(10)18)11-7-2-3-8-12(11)17/h2-5,7-10,13,17H,6H2,1H3/t9-,10-,13+/m1/s1. The van der Waals surface area contributed by atoms with Crippen LogP contribution >= 0.6 is 0 Å². The molecule has 0 aromatic heterocycles. The summed E-state index contributed by atoms with van der Waals surface area (Å²) in [5, 5.41) is 9.84. The van der Waals surface area contributed by atoms with Crippen molar-refractivity contribution in [2.75, 3.05) is 4.90 Å². The van der Waals surface area contributed by atoms with Crippen molar-refractivity contribution in [2.45, 2.75) is 13.3 Å². The number of aromatic hydroxyl groups is 1. The molecule has 0 radical (unpaired) electrons. The van der Waals surface area contributed by atoms with E-state index in [1.165, 1.54) is 6.07 Å². The molecule has 1 N–H and O–H groups in total. The van der Waals surface area contributed by atoms with Gasteiger partial charge in [-0.15, -0.1) is 0 Å². The number of imide groups is 1. The molecule has 1 saturated heterocycles. The highest BCUT2D eigenvalue weighted by atomic mass is 16.3. The summed E-state index contributed by atoms with van der Waals surface area (Å²) in [6, 6.07) is 6.46. The van der Waals surface area contributed by atoms with Crippen molar-refractivity contribution in [3.05, 3.63) is 36.4 Å². The largest absolute Gasteiger partial charge is 0.506 e. The molecule has 1 heterocycles. The molecule has 0 saturated carbocycles. The van der Waals surface area contributed by atoms with Crippen molar-refractivity contribution in [1.82, 2.24) is 0 Å². The Labute approximate surface area is 111 Å². The maximum atomic E-state index is 12.5. The molecule has 1 aromatic rings. The molecule has 3 atom stereocenters. The number of hydrogen-bond acceptors (Lipinski definition) is 3. The molecule has 4 heteroatoms. The van der Waals surface area contributed by atoms with Gasteiger partial charge in [-0.25, -0.2) is 4.90 Å². The fourth-order valence-corrected chi connectivity index (χ4v) is 3.04. The SMILES string of the molecule is C[C@@H]1C=CC[C@H]2C(=O)N(c3ccccc3O)C(=O)[C@@H]12. The highest BCUT2D eigenvalue weighted by Gasteiger charge is 2.50. The summed E-state index contributed by atoms with van der Waals surface area (Å²) in [6.45, 7) is 1.95. The highest BCUT2D eigenvalue weighted by molar-refractivity contribution is 6.22. The molecule has 1 aromatic carbocycles. The first kappa shape index (κ1) is 12.0. The Morgan fingerprint density at radius 1 is 1.21 bits per heavy atom. The molecule has 0 unspecified atom stereocenters. The Kier molecular flexibility index (Phi) is 2.66. The Morgan fingerprint density at radius 2 is 1.95 bits per heavy atom. The molecule has 0 spiro atoms. The summed E-state index contributed by atoms with van der Waals surface area (Å²) in [6.07, 6.45) is 4.55. The van der Waals surface area contributed by atoms with Crippen molar-refractivity contribution >= 4 is 17.5 Å². The second kappa shape index (κ2) is 4.23. The lowest BCUT2D eigenvalue weighted by atomic mass is 9.78. The molecule has 19 heavy (non-hydrogen) atoms. The van der Waals surface area contributed by atoms with Gasteiger partial charge < -0.3 is 5.11 Å². The average molecular weight is 257 g/mol. The smallest absolute Gasteiger partial charge is 0.238 e. The number of hydrogen-bond donors (Lipinski definition) is 1. The van der Waals surface area contributed by atoms with E-state index in [1.807, 2.05) is 19.1 Å². The Hall–Kier alpha value is -2.10. The molecule has 0 bridgehead atoms. The third-order valence-corrected chi connectivity index (χ3v) is 4.00. The lowest BCUT2D eigenvalue weighted by molar-refractivity contribution is -0.122. The molecule has 98 valence electrons. The van der Waals surface area contributed by atoms with E-state index >= 15 is 0 Å². The van der Waals surface area contributed by atoms with Crippen LogP contribution in [0.15, 0.2) is 36.4 Å². The average Bonchev–Trinajstić information content (AvgIpc) is 2.64. The number of anilines is 1. The Bertz CT molecular complexity index is 579. The normalized spacial score (nSPS) is 29.7. The van der Waals surface area contributed by atoms with E-state index in [0.29, 0.717) is 12.1 Å². The predicted octanol–water partition coefficient (Wildman–Crippen LogP) is 2.09. The fraction of sp³-hybridized carbons (Fsp3) is 0.333. The monoisotopic (exact) mass is 257 g/mol. The second-order valence-corrected chi connectivity index (χ2v) is 5.16. The van der Waals surface area contributed by atoms with Crippen LogP contribution in [0.4, 0.5) is 5.69 Å². The van der Waals surface area contributed by atoms with E-state index < -0.39 is 0 Å². The Balaban J connectivity index is 2.04. The van der Waals surface area contributed by atoms with Crippen LogP contribution in [-0.4, -0.2) is 16.9 Å². The maximum absolute atomic E-state index is 12.5. The molecule has 3 rings (SSSR count). The van der Waals surface area contributed by atoms with Crippen LogP contribution in [0.25, 0.3) is 0 Å². The van der Waals surface area contributed by atoms with Crippen molar-refractivity contribution in [3.8, 4) is 5.75 Å². The van der Waals surface area contributed by atoms with Gasteiger partial charge in [-0.1, -0.05) is 31.2 Å². The zero-order valence-corrected chi connectivity index (χ0v) is 10.6. The van der Waals surface area contributed by atoms with E-state index in [0.717, 1.165) is 4.90 Å². The molecule has 4 nitrogen and oxygen atoms in total. The number of para-hydroxylation sites is 2. The van der Waals surface area contributed by atoms with Crippen LogP contribution in [0.2, 0.25) is 0 Å². The summed E-state index contributed by atoms with van der Waals surface area (Å²) in [5.74, 6) is -0.959. The van der Waals surface area contributed by atoms with Crippen molar-refractivity contribution in [2.24, 2.45) is 17.8 Å². The van der Waals surface area contributed by atoms with Crippen LogP contribution in [0.1, 0.15) is 13.3 Å². The fourth-order valence-electron chi connectivity index (χ4n) is 3.04. The summed E-state index contributed by atoms with van der Waals surface area (Å²) < 4.78 is 0. The van der Waals surface area contributed by atoms with Gasteiger partial charge in [0.2, 0.25) is 11.8 Å². The zero-order chi connectivity index (χ0) is 13.6. The summed E-state index contributed by atoms with van der Waals surface area (Å²) in [4.78, 5) is 26.0. The van der Waals surface area contributed by atoms with Gasteiger partial charge in [0.15, 0.2) is 0 Å². The van der Waals surface area contributed by atoms with Crippen molar-refractivity contribution < 1.29 is 14.7 Å². The number of phenols is 1. The molecule has 1 aliphatic heterocycles. The van der Waals surface area contributed by atoms with E-state index in [4.69, 9.17) is 0 Å². The van der Waals surface area contributed by atoms with Gasteiger partial charge in [0.05, 0.1) is 17.5 Å². The first-order valence-corrected chi connectivity index (χ1v) is 6.43. The third kappa shape index (κ3) is 1.67. The van der Waals surface area contributed by atoms with Gasteiger partial charge in [0, 0.05) is 0 Å². The van der Waals surface area contributed by atoms with Crippen molar-refractivity contribution in [1.29, 1.82) is 0 Å². The van der Waals surface area contributed by atoms with Gasteiger partial charge in [-0.3, -0.25) is 9.59 Å². The lowest BCUT2D eigenvalue weighted by Crippen LogP contribution is -2.31. The number of allylic oxidation sites excluding steroid dienone is 2. The van der Waals surface area contributed by atoms with Crippen LogP contribution in [0.5, 0.6) is 5.75 Å². The van der Waals surface area contributed by atoms with Gasteiger partial charge in [0.25, 0.3) is 0 Å². The highest BCUT2D eigenvalue weighted by Crippen LogP contribution is 2.42. The predicted molar refractivity (Wildman–Crippen MR) is 70.5 cm³/mol. The summed E-state index contributed by atoms with van der Waals surface area (Å²) in [5.41, 5.74) is 0.291. The van der Waals surface area contributed by atoms with Gasteiger partial charge in [-0.2, -0.15) is 0 Å². The van der Waals surface area contributed by atoms with E-state index in [-0.39, 0.29) is 35.3 Å². The maximum Gasteiger partial charge on any atom is 0.238 e. The molecular formula is C15H15NO3. The second-order valence-electron chi connectivity index (χ2n) is 5.16. The van der Waals surface area contributed by atoms with Crippen LogP contribution < -0.4 is 4.90 Å². The number of fused-ring (bicyclic) bond motifs is 1. The van der Waals surface area contributed by atoms with E-state index in [1.54, 1.807) is 18.2 Å². The molecule has 1 aliphatic carbocycles. The first-order valence-electron chi connectivity index (χ1n) is 6.43.